The zero-order valence-corrected chi connectivity index (χ0v) is 12.8. The van der Waals surface area contributed by atoms with Gasteiger partial charge in [0.05, 0.1) is 0 Å². The van der Waals surface area contributed by atoms with Crippen LogP contribution in [0.1, 0.15) is 31.9 Å². The van der Waals surface area contributed by atoms with Crippen LogP contribution in [0.25, 0.3) is 0 Å². The fourth-order valence-electron chi connectivity index (χ4n) is 1.73. The number of nitrogens with zero attached hydrogens (tertiary/aromatic N) is 1. The van der Waals surface area contributed by atoms with Crippen LogP contribution in [-0.4, -0.2) is 37.0 Å². The van der Waals surface area contributed by atoms with E-state index >= 15 is 0 Å². The summed E-state index contributed by atoms with van der Waals surface area (Å²) in [4.78, 5) is 24.9. The van der Waals surface area contributed by atoms with Crippen molar-refractivity contribution in [2.24, 2.45) is 5.73 Å². The van der Waals surface area contributed by atoms with Crippen molar-refractivity contribution in [2.75, 3.05) is 25.5 Å². The van der Waals surface area contributed by atoms with Gasteiger partial charge >= 0.3 is 6.03 Å². The van der Waals surface area contributed by atoms with Crippen LogP contribution in [0, 0.1) is 0 Å². The number of amides is 3. The lowest BCUT2D eigenvalue weighted by Crippen LogP contribution is -2.40. The van der Waals surface area contributed by atoms with E-state index in [1.807, 2.05) is 32.0 Å². The number of hydrogen-bond donors (Lipinski definition) is 3. The van der Waals surface area contributed by atoms with Gasteiger partial charge in [0.1, 0.15) is 6.54 Å². The summed E-state index contributed by atoms with van der Waals surface area (Å²) in [6, 6.07) is 6.93. The van der Waals surface area contributed by atoms with E-state index in [1.165, 1.54) is 4.90 Å². The van der Waals surface area contributed by atoms with Gasteiger partial charge in [0, 0.05) is 25.3 Å². The molecule has 0 fully saturated rings. The van der Waals surface area contributed by atoms with Gasteiger partial charge in [0.2, 0.25) is 5.91 Å². The van der Waals surface area contributed by atoms with Crippen molar-refractivity contribution >= 4 is 17.6 Å². The summed E-state index contributed by atoms with van der Waals surface area (Å²) in [7, 11) is 1.58. The second kappa shape index (κ2) is 8.26. The molecule has 0 aliphatic heterocycles. The van der Waals surface area contributed by atoms with E-state index in [1.54, 1.807) is 13.1 Å². The number of likely N-dealkylation sites (N-methyl/N-ethyl adjacent to an activating group) is 1. The van der Waals surface area contributed by atoms with Gasteiger partial charge in [-0.3, -0.25) is 4.79 Å². The number of nitrogens with one attached hydrogen (secondary N) is 2. The standard InChI is InChI=1S/C15H24N4O2/c1-4-8-17-14(20)10-19(3)15(21)18-13-7-5-6-12(9-13)11(2)16/h5-7,9,11H,4,8,10,16H2,1-3H3,(H,17,20)(H,18,21). The molecule has 0 spiro atoms. The molecule has 0 saturated carbocycles. The zero-order valence-electron chi connectivity index (χ0n) is 12.8. The molecule has 6 nitrogen and oxygen atoms in total. The van der Waals surface area contributed by atoms with Gasteiger partial charge in [-0.25, -0.2) is 4.79 Å². The normalized spacial score (nSPS) is 11.6. The first-order chi connectivity index (χ1) is 9.93. The summed E-state index contributed by atoms with van der Waals surface area (Å²) < 4.78 is 0. The van der Waals surface area contributed by atoms with Gasteiger partial charge in [-0.05, 0) is 31.0 Å². The largest absolute Gasteiger partial charge is 0.355 e. The molecular formula is C15H24N4O2. The molecule has 1 aromatic carbocycles. The van der Waals surface area contributed by atoms with Crippen LogP contribution in [0.15, 0.2) is 24.3 Å². The molecule has 6 heteroatoms. The van der Waals surface area contributed by atoms with Crippen molar-refractivity contribution in [1.82, 2.24) is 10.2 Å². The minimum atomic E-state index is -0.330. The summed E-state index contributed by atoms with van der Waals surface area (Å²) in [5.74, 6) is -0.168. The van der Waals surface area contributed by atoms with Gasteiger partial charge in [-0.2, -0.15) is 0 Å². The van der Waals surface area contributed by atoms with Crippen LogP contribution >= 0.6 is 0 Å². The van der Waals surface area contributed by atoms with E-state index in [4.69, 9.17) is 5.73 Å². The van der Waals surface area contributed by atoms with Crippen LogP contribution in [0.5, 0.6) is 0 Å². The number of carbonyl (C=O) groups is 2. The highest BCUT2D eigenvalue weighted by atomic mass is 16.2. The highest BCUT2D eigenvalue weighted by molar-refractivity contribution is 5.92. The number of nitrogens with two attached hydrogens (primary N) is 1. The van der Waals surface area contributed by atoms with E-state index in [2.05, 4.69) is 10.6 Å². The Labute approximate surface area is 125 Å². The topological polar surface area (TPSA) is 87.5 Å². The molecule has 1 unspecified atom stereocenters. The van der Waals surface area contributed by atoms with Crippen LogP contribution in [-0.2, 0) is 4.79 Å². The molecule has 0 aliphatic rings. The van der Waals surface area contributed by atoms with E-state index in [9.17, 15) is 9.59 Å². The second-order valence-corrected chi connectivity index (χ2v) is 5.05. The number of carbonyl (C=O) groups excluding carboxylic acids is 2. The minimum Gasteiger partial charge on any atom is -0.355 e. The van der Waals surface area contributed by atoms with Gasteiger partial charge in [-0.15, -0.1) is 0 Å². The molecule has 4 N–H and O–H groups in total. The Balaban J connectivity index is 2.56. The quantitative estimate of drug-likeness (QED) is 0.745. The molecule has 0 aliphatic carbocycles. The summed E-state index contributed by atoms with van der Waals surface area (Å²) in [5, 5.41) is 5.48. The van der Waals surface area contributed by atoms with Gasteiger partial charge in [0.15, 0.2) is 0 Å². The van der Waals surface area contributed by atoms with Crippen molar-refractivity contribution in [3.05, 3.63) is 29.8 Å². The molecule has 0 aromatic heterocycles. The Morgan fingerprint density at radius 3 is 2.71 bits per heavy atom. The number of hydrogen-bond acceptors (Lipinski definition) is 3. The Morgan fingerprint density at radius 1 is 1.38 bits per heavy atom. The predicted molar refractivity (Wildman–Crippen MR) is 84.0 cm³/mol. The molecule has 21 heavy (non-hydrogen) atoms. The number of anilines is 1. The molecular weight excluding hydrogens is 268 g/mol. The SMILES string of the molecule is CCCNC(=O)CN(C)C(=O)Nc1cccc(C(C)N)c1. The van der Waals surface area contributed by atoms with Crippen LogP contribution < -0.4 is 16.4 Å². The van der Waals surface area contributed by atoms with Crippen molar-refractivity contribution in [3.8, 4) is 0 Å². The summed E-state index contributed by atoms with van der Waals surface area (Å²) >= 11 is 0. The lowest BCUT2D eigenvalue weighted by atomic mass is 10.1. The third kappa shape index (κ3) is 5.83. The Hall–Kier alpha value is -2.08. The van der Waals surface area contributed by atoms with Crippen molar-refractivity contribution in [2.45, 2.75) is 26.3 Å². The Bertz CT molecular complexity index is 488. The summed E-state index contributed by atoms with van der Waals surface area (Å²) in [6.07, 6.45) is 0.867. The second-order valence-electron chi connectivity index (χ2n) is 5.05. The lowest BCUT2D eigenvalue weighted by Gasteiger charge is -2.18. The van der Waals surface area contributed by atoms with Gasteiger partial charge in [-0.1, -0.05) is 19.1 Å². The smallest absolute Gasteiger partial charge is 0.322 e. The molecule has 1 atom stereocenters. The number of benzene rings is 1. The number of urea groups is 1. The minimum absolute atomic E-state index is 0.0266. The van der Waals surface area contributed by atoms with E-state index < -0.39 is 0 Å². The molecule has 1 aromatic rings. The van der Waals surface area contributed by atoms with Crippen molar-refractivity contribution < 1.29 is 9.59 Å². The Kier molecular flexibility index (Phi) is 6.68. The first-order valence-corrected chi connectivity index (χ1v) is 7.08. The van der Waals surface area contributed by atoms with Gasteiger partial charge < -0.3 is 21.3 Å². The zero-order chi connectivity index (χ0) is 15.8. The maximum absolute atomic E-state index is 12.0. The molecule has 0 saturated heterocycles. The third-order valence-corrected chi connectivity index (χ3v) is 2.96. The maximum Gasteiger partial charge on any atom is 0.322 e. The average molecular weight is 292 g/mol. The van der Waals surface area contributed by atoms with Crippen molar-refractivity contribution in [3.63, 3.8) is 0 Å². The average Bonchev–Trinajstić information content (AvgIpc) is 2.45. The predicted octanol–water partition coefficient (Wildman–Crippen LogP) is 1.70. The molecule has 1 rings (SSSR count). The molecule has 3 amide bonds. The highest BCUT2D eigenvalue weighted by Gasteiger charge is 2.13. The number of rotatable bonds is 6. The molecule has 0 bridgehead atoms. The highest BCUT2D eigenvalue weighted by Crippen LogP contribution is 2.15. The summed E-state index contributed by atoms with van der Waals surface area (Å²) in [5.41, 5.74) is 7.41. The Morgan fingerprint density at radius 2 is 2.10 bits per heavy atom. The van der Waals surface area contributed by atoms with Crippen LogP contribution in [0.3, 0.4) is 0 Å². The summed E-state index contributed by atoms with van der Waals surface area (Å²) in [6.45, 7) is 4.50. The fraction of sp³-hybridized carbons (Fsp3) is 0.467. The maximum atomic E-state index is 12.0. The van der Waals surface area contributed by atoms with Gasteiger partial charge in [0.25, 0.3) is 0 Å². The monoisotopic (exact) mass is 292 g/mol. The third-order valence-electron chi connectivity index (χ3n) is 2.96. The van der Waals surface area contributed by atoms with Crippen LogP contribution in [0.2, 0.25) is 0 Å². The lowest BCUT2D eigenvalue weighted by molar-refractivity contribution is -0.121. The fourth-order valence-corrected chi connectivity index (χ4v) is 1.73. The first-order valence-electron chi connectivity index (χ1n) is 7.08. The first kappa shape index (κ1) is 17.0. The van der Waals surface area contributed by atoms with E-state index in [0.717, 1.165) is 12.0 Å². The van der Waals surface area contributed by atoms with E-state index in [0.29, 0.717) is 12.2 Å². The van der Waals surface area contributed by atoms with Crippen LogP contribution in [0.4, 0.5) is 10.5 Å². The van der Waals surface area contributed by atoms with Crippen molar-refractivity contribution in [1.29, 1.82) is 0 Å². The molecule has 0 radical (unpaired) electrons. The molecule has 0 heterocycles. The molecule has 116 valence electrons. The van der Waals surface area contributed by atoms with E-state index in [-0.39, 0.29) is 24.5 Å².